The first-order valence-electron chi connectivity index (χ1n) is 9.73. The lowest BCUT2D eigenvalue weighted by Crippen LogP contribution is -2.40. The van der Waals surface area contributed by atoms with Gasteiger partial charge in [-0.25, -0.2) is 8.78 Å². The molecular weight excluding hydrogens is 440 g/mol. The lowest BCUT2D eigenvalue weighted by atomic mass is 9.92. The number of aromatic nitrogens is 1. The number of carbonyl (C=O) groups excluding carboxylic acids is 2. The van der Waals surface area contributed by atoms with Gasteiger partial charge < -0.3 is 14.8 Å². The van der Waals surface area contributed by atoms with E-state index in [1.54, 1.807) is 20.0 Å². The van der Waals surface area contributed by atoms with Crippen LogP contribution in [0.4, 0.5) is 20.2 Å². The maximum Gasteiger partial charge on any atom is 0.260 e. The predicted molar refractivity (Wildman–Crippen MR) is 118 cm³/mol. The van der Waals surface area contributed by atoms with E-state index in [9.17, 15) is 23.2 Å². The molecule has 0 saturated carbocycles. The molecule has 0 bridgehead atoms. The number of fused-ring (bicyclic) bond motifs is 3. The molecule has 2 aromatic carbocycles. The van der Waals surface area contributed by atoms with E-state index >= 15 is 0 Å². The molecular formula is C23H18ClF2N3O3. The Hall–Kier alpha value is -3.52. The van der Waals surface area contributed by atoms with Crippen molar-refractivity contribution in [3.8, 4) is 11.1 Å². The van der Waals surface area contributed by atoms with Crippen molar-refractivity contribution in [2.75, 3.05) is 16.8 Å². The molecule has 1 aliphatic heterocycles. The normalized spacial score (nSPS) is 15.1. The highest BCUT2D eigenvalue weighted by molar-refractivity contribution is 6.30. The first-order chi connectivity index (χ1) is 15.2. The molecule has 164 valence electrons. The molecule has 2 amide bonds. The van der Waals surface area contributed by atoms with Crippen LogP contribution in [0.25, 0.3) is 11.1 Å². The third-order valence-electron chi connectivity index (χ3n) is 5.43. The summed E-state index contributed by atoms with van der Waals surface area (Å²) >= 11 is 5.67. The summed E-state index contributed by atoms with van der Waals surface area (Å²) in [5.41, 5.74) is 1.03. The molecule has 6 nitrogen and oxygen atoms in total. The average molecular weight is 458 g/mol. The molecule has 1 atom stereocenters. The molecule has 1 N–H and O–H groups in total. The number of anilines is 2. The standard InChI is InChI=1S/C23H18ClF2N3O3/c1-12-16-9-13(25)3-5-15(16)21-19(7-8-28(2)23(21)32)29(22(12)31)11-20(30)27-14-4-6-17(24)18(26)10-14/h3-10,12H,11H2,1-2H3,(H,27,30)/t12-/m0/s1. The Morgan fingerprint density at radius 3 is 2.59 bits per heavy atom. The quantitative estimate of drug-likeness (QED) is 0.644. The van der Waals surface area contributed by atoms with E-state index in [4.69, 9.17) is 11.6 Å². The van der Waals surface area contributed by atoms with Gasteiger partial charge in [0.15, 0.2) is 0 Å². The van der Waals surface area contributed by atoms with Gasteiger partial charge in [-0.3, -0.25) is 14.4 Å². The van der Waals surface area contributed by atoms with Crippen molar-refractivity contribution in [3.05, 3.63) is 81.2 Å². The molecule has 0 saturated heterocycles. The number of hydrogen-bond donors (Lipinski definition) is 1. The lowest BCUT2D eigenvalue weighted by molar-refractivity contribution is -0.122. The Morgan fingerprint density at radius 2 is 1.88 bits per heavy atom. The summed E-state index contributed by atoms with van der Waals surface area (Å²) < 4.78 is 29.0. The van der Waals surface area contributed by atoms with Crippen molar-refractivity contribution in [3.63, 3.8) is 0 Å². The van der Waals surface area contributed by atoms with E-state index in [0.717, 1.165) is 6.07 Å². The van der Waals surface area contributed by atoms with Crippen molar-refractivity contribution in [1.82, 2.24) is 4.57 Å². The summed E-state index contributed by atoms with van der Waals surface area (Å²) in [6, 6.07) is 9.28. The van der Waals surface area contributed by atoms with Crippen LogP contribution in [-0.2, 0) is 16.6 Å². The summed E-state index contributed by atoms with van der Waals surface area (Å²) in [6.07, 6.45) is 1.49. The van der Waals surface area contributed by atoms with Crippen LogP contribution in [0, 0.1) is 11.6 Å². The van der Waals surface area contributed by atoms with Gasteiger partial charge in [0.25, 0.3) is 5.56 Å². The fourth-order valence-electron chi connectivity index (χ4n) is 3.78. The van der Waals surface area contributed by atoms with Crippen LogP contribution in [0.2, 0.25) is 5.02 Å². The molecule has 0 fully saturated rings. The second kappa shape index (κ2) is 8.20. The number of rotatable bonds is 3. The zero-order valence-corrected chi connectivity index (χ0v) is 17.9. The zero-order valence-electron chi connectivity index (χ0n) is 17.2. The summed E-state index contributed by atoms with van der Waals surface area (Å²) in [7, 11) is 1.56. The van der Waals surface area contributed by atoms with Crippen LogP contribution in [-0.4, -0.2) is 22.9 Å². The van der Waals surface area contributed by atoms with E-state index in [1.807, 2.05) is 0 Å². The van der Waals surface area contributed by atoms with Gasteiger partial charge in [-0.2, -0.15) is 0 Å². The Labute approximate surface area is 187 Å². The number of benzene rings is 2. The highest BCUT2D eigenvalue weighted by Gasteiger charge is 2.34. The third kappa shape index (κ3) is 3.78. The minimum absolute atomic E-state index is 0.0886. The first-order valence-corrected chi connectivity index (χ1v) is 10.1. The zero-order chi connectivity index (χ0) is 23.2. The molecule has 0 radical (unpaired) electrons. The Morgan fingerprint density at radius 1 is 1.12 bits per heavy atom. The molecule has 2 heterocycles. The molecule has 0 unspecified atom stereocenters. The number of amides is 2. The van der Waals surface area contributed by atoms with Crippen LogP contribution in [0.15, 0.2) is 53.5 Å². The van der Waals surface area contributed by atoms with Gasteiger partial charge in [0.1, 0.15) is 18.2 Å². The van der Waals surface area contributed by atoms with Crippen LogP contribution in [0.5, 0.6) is 0 Å². The van der Waals surface area contributed by atoms with Crippen molar-refractivity contribution >= 4 is 34.8 Å². The molecule has 0 spiro atoms. The Kier molecular flexibility index (Phi) is 5.56. The second-order valence-electron chi connectivity index (χ2n) is 7.55. The molecule has 0 aliphatic carbocycles. The third-order valence-corrected chi connectivity index (χ3v) is 5.73. The molecule has 1 aromatic heterocycles. The number of hydrogen-bond acceptors (Lipinski definition) is 3. The van der Waals surface area contributed by atoms with Gasteiger partial charge in [-0.1, -0.05) is 17.7 Å². The SMILES string of the molecule is C[C@@H]1C(=O)N(CC(=O)Nc2ccc(Cl)c(F)c2)c2ccn(C)c(=O)c2-c2ccc(F)cc21. The molecule has 32 heavy (non-hydrogen) atoms. The summed E-state index contributed by atoms with van der Waals surface area (Å²) in [4.78, 5) is 40.2. The first kappa shape index (κ1) is 21.7. The molecule has 4 rings (SSSR count). The van der Waals surface area contributed by atoms with Crippen LogP contribution < -0.4 is 15.8 Å². The van der Waals surface area contributed by atoms with E-state index in [1.165, 1.54) is 46.0 Å². The van der Waals surface area contributed by atoms with Crippen molar-refractivity contribution in [1.29, 1.82) is 0 Å². The number of nitrogens with zero attached hydrogens (tertiary/aromatic N) is 2. The fraction of sp³-hybridized carbons (Fsp3) is 0.174. The van der Waals surface area contributed by atoms with Crippen LogP contribution in [0.3, 0.4) is 0 Å². The van der Waals surface area contributed by atoms with E-state index in [2.05, 4.69) is 5.32 Å². The Bertz CT molecular complexity index is 1320. The smallest absolute Gasteiger partial charge is 0.260 e. The fourth-order valence-corrected chi connectivity index (χ4v) is 3.90. The van der Waals surface area contributed by atoms with Crippen LogP contribution in [0.1, 0.15) is 18.4 Å². The largest absolute Gasteiger partial charge is 0.324 e. The van der Waals surface area contributed by atoms with Gasteiger partial charge in [-0.15, -0.1) is 0 Å². The van der Waals surface area contributed by atoms with Gasteiger partial charge in [0.05, 0.1) is 22.2 Å². The van der Waals surface area contributed by atoms with Gasteiger partial charge in [-0.05, 0) is 54.4 Å². The van der Waals surface area contributed by atoms with E-state index < -0.39 is 35.9 Å². The highest BCUT2D eigenvalue weighted by atomic mass is 35.5. The molecule has 3 aromatic rings. The number of carbonyl (C=O) groups is 2. The maximum absolute atomic E-state index is 14.0. The second-order valence-corrected chi connectivity index (χ2v) is 7.95. The molecule has 9 heteroatoms. The lowest BCUT2D eigenvalue weighted by Gasteiger charge is -2.24. The Balaban J connectivity index is 1.77. The monoisotopic (exact) mass is 457 g/mol. The van der Waals surface area contributed by atoms with Gasteiger partial charge in [0, 0.05) is 18.9 Å². The predicted octanol–water partition coefficient (Wildman–Crippen LogP) is 4.07. The van der Waals surface area contributed by atoms with E-state index in [-0.39, 0.29) is 27.5 Å². The number of nitrogens with one attached hydrogen (secondary N) is 1. The highest BCUT2D eigenvalue weighted by Crippen LogP contribution is 2.39. The number of pyridine rings is 1. The van der Waals surface area contributed by atoms with E-state index in [0.29, 0.717) is 11.1 Å². The molecule has 1 aliphatic rings. The van der Waals surface area contributed by atoms with Gasteiger partial charge >= 0.3 is 0 Å². The summed E-state index contributed by atoms with van der Waals surface area (Å²) in [5, 5.41) is 2.44. The number of aryl methyl sites for hydroxylation is 1. The van der Waals surface area contributed by atoms with Crippen molar-refractivity contribution in [2.24, 2.45) is 7.05 Å². The van der Waals surface area contributed by atoms with Crippen LogP contribution >= 0.6 is 11.6 Å². The number of halogens is 3. The minimum atomic E-state index is -0.807. The summed E-state index contributed by atoms with van der Waals surface area (Å²) in [5.74, 6) is -3.11. The van der Waals surface area contributed by atoms with Crippen molar-refractivity contribution in [2.45, 2.75) is 12.8 Å². The van der Waals surface area contributed by atoms with Crippen molar-refractivity contribution < 1.29 is 18.4 Å². The average Bonchev–Trinajstić information content (AvgIpc) is 2.83. The maximum atomic E-state index is 14.0. The summed E-state index contributed by atoms with van der Waals surface area (Å²) in [6.45, 7) is 1.17. The minimum Gasteiger partial charge on any atom is -0.324 e. The van der Waals surface area contributed by atoms with Gasteiger partial charge in [0.2, 0.25) is 11.8 Å². The topological polar surface area (TPSA) is 71.4 Å².